The van der Waals surface area contributed by atoms with E-state index in [0.29, 0.717) is 48.3 Å². The summed E-state index contributed by atoms with van der Waals surface area (Å²) in [6.07, 6.45) is 6.81. The fourth-order valence-electron chi connectivity index (χ4n) is 4.00. The Morgan fingerprint density at radius 3 is 2.41 bits per heavy atom. The molecule has 34 heavy (non-hydrogen) atoms. The largest absolute Gasteiger partial charge is 0.378 e. The third-order valence-corrected chi connectivity index (χ3v) is 6.77. The molecule has 0 saturated carbocycles. The fourth-order valence-corrected chi connectivity index (χ4v) is 4.74. The highest BCUT2D eigenvalue weighted by Crippen LogP contribution is 2.28. The second kappa shape index (κ2) is 9.17. The van der Waals surface area contributed by atoms with E-state index in [-0.39, 0.29) is 5.91 Å². The first-order valence-corrected chi connectivity index (χ1v) is 12.3. The Kier molecular flexibility index (Phi) is 5.92. The molecule has 1 fully saturated rings. The Bertz CT molecular complexity index is 1430. The van der Waals surface area contributed by atoms with Gasteiger partial charge in [-0.15, -0.1) is 0 Å². The van der Waals surface area contributed by atoms with Gasteiger partial charge in [0.15, 0.2) is 0 Å². The highest BCUT2D eigenvalue weighted by Gasteiger charge is 2.21. The summed E-state index contributed by atoms with van der Waals surface area (Å²) in [5, 5.41) is 9.78. The van der Waals surface area contributed by atoms with Gasteiger partial charge in [-0.05, 0) is 29.8 Å². The zero-order valence-electron chi connectivity index (χ0n) is 18.5. The SMILES string of the molecule is CS(=O)c1cn(-c2ncc(-c3ccc(C#N)cc3)cn2)c2cc(C(=O)N3CCOCC3)ccc12. The number of nitrogens with zero attached hydrogens (tertiary/aromatic N) is 5. The lowest BCUT2D eigenvalue weighted by atomic mass is 10.1. The fraction of sp³-hybridized carbons (Fsp3) is 0.200. The van der Waals surface area contributed by atoms with E-state index in [1.54, 1.807) is 58.6 Å². The van der Waals surface area contributed by atoms with Crippen molar-refractivity contribution < 1.29 is 13.7 Å². The molecule has 170 valence electrons. The highest BCUT2D eigenvalue weighted by atomic mass is 32.2. The lowest BCUT2D eigenvalue weighted by molar-refractivity contribution is 0.0303. The van der Waals surface area contributed by atoms with Crippen LogP contribution < -0.4 is 0 Å². The number of morpholine rings is 1. The van der Waals surface area contributed by atoms with Gasteiger partial charge >= 0.3 is 0 Å². The molecule has 0 bridgehead atoms. The number of carbonyl (C=O) groups is 1. The van der Waals surface area contributed by atoms with E-state index in [9.17, 15) is 9.00 Å². The monoisotopic (exact) mass is 471 g/mol. The van der Waals surface area contributed by atoms with E-state index >= 15 is 0 Å². The summed E-state index contributed by atoms with van der Waals surface area (Å²) in [5.41, 5.74) is 3.57. The molecule has 0 aliphatic carbocycles. The third kappa shape index (κ3) is 4.09. The molecule has 1 atom stereocenters. The number of amides is 1. The maximum Gasteiger partial charge on any atom is 0.254 e. The van der Waals surface area contributed by atoms with Gasteiger partial charge in [0.05, 0.1) is 46.1 Å². The molecule has 1 amide bonds. The first-order chi connectivity index (χ1) is 16.5. The number of benzene rings is 2. The molecule has 5 rings (SSSR count). The molecule has 1 saturated heterocycles. The van der Waals surface area contributed by atoms with Crippen molar-refractivity contribution >= 4 is 27.6 Å². The van der Waals surface area contributed by atoms with E-state index in [4.69, 9.17) is 10.00 Å². The van der Waals surface area contributed by atoms with Crippen LogP contribution in [0.3, 0.4) is 0 Å². The number of hydrogen-bond donors (Lipinski definition) is 0. The zero-order valence-corrected chi connectivity index (χ0v) is 19.3. The molecule has 0 radical (unpaired) electrons. The van der Waals surface area contributed by atoms with Crippen LogP contribution in [0.1, 0.15) is 15.9 Å². The smallest absolute Gasteiger partial charge is 0.254 e. The molecule has 1 unspecified atom stereocenters. The maximum atomic E-state index is 13.0. The van der Waals surface area contributed by atoms with Crippen LogP contribution in [-0.4, -0.2) is 62.1 Å². The lowest BCUT2D eigenvalue weighted by Crippen LogP contribution is -2.40. The van der Waals surface area contributed by atoms with Crippen molar-refractivity contribution in [3.63, 3.8) is 0 Å². The second-order valence-electron chi connectivity index (χ2n) is 7.91. The van der Waals surface area contributed by atoms with Crippen LogP contribution in [0.4, 0.5) is 0 Å². The Hall–Kier alpha value is -3.87. The van der Waals surface area contributed by atoms with Crippen molar-refractivity contribution in [2.75, 3.05) is 32.6 Å². The molecule has 2 aromatic heterocycles. The predicted molar refractivity (Wildman–Crippen MR) is 128 cm³/mol. The van der Waals surface area contributed by atoms with E-state index in [1.807, 2.05) is 18.2 Å². The summed E-state index contributed by atoms with van der Waals surface area (Å²) in [6.45, 7) is 2.18. The van der Waals surface area contributed by atoms with Crippen LogP contribution in [0.2, 0.25) is 0 Å². The van der Waals surface area contributed by atoms with E-state index < -0.39 is 10.8 Å². The normalized spacial score (nSPS) is 14.6. The quantitative estimate of drug-likeness (QED) is 0.453. The Morgan fingerprint density at radius 1 is 1.06 bits per heavy atom. The number of fused-ring (bicyclic) bond motifs is 1. The standard InChI is InChI=1S/C25H21N5O3S/c1-34(32)23-16-30(25-27-14-20(15-28-25)18-4-2-17(13-26)3-5-18)22-12-19(6-7-21(22)23)24(31)29-8-10-33-11-9-29/h2-7,12,14-16H,8-11H2,1H3. The molecule has 0 spiro atoms. The van der Waals surface area contributed by atoms with Gasteiger partial charge in [0.2, 0.25) is 5.95 Å². The van der Waals surface area contributed by atoms with Gasteiger partial charge in [-0.3, -0.25) is 13.6 Å². The van der Waals surface area contributed by atoms with Gasteiger partial charge in [-0.2, -0.15) is 5.26 Å². The van der Waals surface area contributed by atoms with Crippen LogP contribution in [0.25, 0.3) is 28.0 Å². The Balaban J connectivity index is 1.54. The molecule has 1 aliphatic heterocycles. The summed E-state index contributed by atoms with van der Waals surface area (Å²) in [6, 6.07) is 14.7. The Morgan fingerprint density at radius 2 is 1.76 bits per heavy atom. The first-order valence-electron chi connectivity index (χ1n) is 10.7. The maximum absolute atomic E-state index is 13.0. The summed E-state index contributed by atoms with van der Waals surface area (Å²) < 4.78 is 19.5. The summed E-state index contributed by atoms with van der Waals surface area (Å²) >= 11 is 0. The molecule has 1 aliphatic rings. The van der Waals surface area contributed by atoms with Gasteiger partial charge in [-0.1, -0.05) is 18.2 Å². The minimum atomic E-state index is -1.23. The van der Waals surface area contributed by atoms with Gasteiger partial charge < -0.3 is 9.64 Å². The summed E-state index contributed by atoms with van der Waals surface area (Å²) in [7, 11) is -1.23. The molecule has 9 heteroatoms. The number of hydrogen-bond acceptors (Lipinski definition) is 6. The highest BCUT2D eigenvalue weighted by molar-refractivity contribution is 7.84. The zero-order chi connectivity index (χ0) is 23.7. The molecular formula is C25H21N5O3S. The molecule has 8 nitrogen and oxygen atoms in total. The van der Waals surface area contributed by atoms with Crippen LogP contribution in [0, 0.1) is 11.3 Å². The van der Waals surface area contributed by atoms with E-state index in [1.165, 1.54) is 0 Å². The van der Waals surface area contributed by atoms with Crippen LogP contribution in [0.5, 0.6) is 0 Å². The van der Waals surface area contributed by atoms with Crippen LogP contribution >= 0.6 is 0 Å². The van der Waals surface area contributed by atoms with Crippen LogP contribution in [-0.2, 0) is 15.5 Å². The average molecular weight is 472 g/mol. The molecular weight excluding hydrogens is 450 g/mol. The van der Waals surface area contributed by atoms with Crippen molar-refractivity contribution in [1.29, 1.82) is 5.26 Å². The second-order valence-corrected chi connectivity index (χ2v) is 9.26. The van der Waals surface area contributed by atoms with Gasteiger partial charge in [0.25, 0.3) is 5.91 Å². The van der Waals surface area contributed by atoms with Crippen molar-refractivity contribution in [1.82, 2.24) is 19.4 Å². The topological polar surface area (TPSA) is 101 Å². The number of ether oxygens (including phenoxy) is 1. The molecule has 2 aromatic carbocycles. The number of rotatable bonds is 4. The predicted octanol–water partition coefficient (Wildman–Crippen LogP) is 3.17. The van der Waals surface area contributed by atoms with Crippen LogP contribution in [0.15, 0.2) is 66.0 Å². The lowest BCUT2D eigenvalue weighted by Gasteiger charge is -2.26. The molecule has 4 aromatic rings. The van der Waals surface area contributed by atoms with E-state index in [0.717, 1.165) is 22.0 Å². The average Bonchev–Trinajstić information content (AvgIpc) is 3.28. The number of nitriles is 1. The first kappa shape index (κ1) is 21.9. The summed E-state index contributed by atoms with van der Waals surface area (Å²) in [4.78, 5) is 24.5. The van der Waals surface area contributed by atoms with Crippen molar-refractivity contribution in [2.24, 2.45) is 0 Å². The molecule has 3 heterocycles. The molecule has 0 N–H and O–H groups in total. The third-order valence-electron chi connectivity index (χ3n) is 5.83. The van der Waals surface area contributed by atoms with Gasteiger partial charge in [-0.25, -0.2) is 9.97 Å². The van der Waals surface area contributed by atoms with E-state index in [2.05, 4.69) is 16.0 Å². The van der Waals surface area contributed by atoms with Crippen molar-refractivity contribution in [3.05, 3.63) is 72.2 Å². The number of carbonyl (C=O) groups excluding carboxylic acids is 1. The number of aromatic nitrogens is 3. The minimum absolute atomic E-state index is 0.0609. The van der Waals surface area contributed by atoms with Crippen molar-refractivity contribution in [2.45, 2.75) is 4.90 Å². The minimum Gasteiger partial charge on any atom is -0.378 e. The Labute approximate surface area is 198 Å². The van der Waals surface area contributed by atoms with Crippen molar-refractivity contribution in [3.8, 4) is 23.1 Å². The van der Waals surface area contributed by atoms with Gasteiger partial charge in [0.1, 0.15) is 0 Å². The summed E-state index contributed by atoms with van der Waals surface area (Å²) in [5.74, 6) is 0.351. The van der Waals surface area contributed by atoms with Gasteiger partial charge in [0, 0.05) is 54.4 Å².